The summed E-state index contributed by atoms with van der Waals surface area (Å²) in [4.78, 5) is 11.8. The third-order valence-electron chi connectivity index (χ3n) is 2.96. The molecule has 1 fully saturated rings. The molecule has 1 aliphatic heterocycles. The second-order valence-electron chi connectivity index (χ2n) is 5.85. The summed E-state index contributed by atoms with van der Waals surface area (Å²) in [6.07, 6.45) is -7.00. The molecule has 8 nitrogen and oxygen atoms in total. The molecular weight excluding hydrogens is 270 g/mol. The second-order valence-corrected chi connectivity index (χ2v) is 5.85. The van der Waals surface area contributed by atoms with Gasteiger partial charge in [-0.3, -0.25) is 4.79 Å². The second kappa shape index (κ2) is 6.33. The van der Waals surface area contributed by atoms with Crippen LogP contribution in [0.3, 0.4) is 0 Å². The Kier molecular flexibility index (Phi) is 5.47. The minimum Gasteiger partial charge on any atom is -0.459 e. The summed E-state index contributed by atoms with van der Waals surface area (Å²) in [7, 11) is 0. The highest BCUT2D eigenvalue weighted by Crippen LogP contribution is 2.23. The van der Waals surface area contributed by atoms with Crippen molar-refractivity contribution < 1.29 is 34.7 Å². The van der Waals surface area contributed by atoms with Crippen LogP contribution in [0.15, 0.2) is 0 Å². The van der Waals surface area contributed by atoms with Crippen molar-refractivity contribution in [2.24, 2.45) is 5.73 Å². The summed E-state index contributed by atoms with van der Waals surface area (Å²) < 4.78 is 10.3. The number of ether oxygens (including phenoxy) is 2. The quantitative estimate of drug-likeness (QED) is 0.359. The molecule has 0 aromatic rings. The fourth-order valence-corrected chi connectivity index (χ4v) is 1.93. The minimum atomic E-state index is -1.57. The molecule has 6 N–H and O–H groups in total. The summed E-state index contributed by atoms with van der Waals surface area (Å²) in [5, 5.41) is 38.2. The molecule has 0 aromatic carbocycles. The van der Waals surface area contributed by atoms with E-state index in [2.05, 4.69) is 0 Å². The van der Waals surface area contributed by atoms with Crippen LogP contribution in [0, 0.1) is 0 Å². The van der Waals surface area contributed by atoms with Gasteiger partial charge >= 0.3 is 5.97 Å². The van der Waals surface area contributed by atoms with E-state index in [4.69, 9.17) is 20.3 Å². The molecule has 0 saturated carbocycles. The molecule has 0 radical (unpaired) electrons. The zero-order valence-corrected chi connectivity index (χ0v) is 11.8. The largest absolute Gasteiger partial charge is 0.459 e. The van der Waals surface area contributed by atoms with Crippen LogP contribution in [0.25, 0.3) is 0 Å². The lowest BCUT2D eigenvalue weighted by Crippen LogP contribution is -2.64. The normalized spacial score (nSPS) is 36.5. The minimum absolute atomic E-state index is 0.581. The Bertz CT molecular complexity index is 341. The smallest absolute Gasteiger partial charge is 0.326 e. The zero-order chi connectivity index (χ0) is 15.7. The van der Waals surface area contributed by atoms with E-state index in [1.165, 1.54) is 0 Å². The van der Waals surface area contributed by atoms with Gasteiger partial charge in [0.2, 0.25) is 0 Å². The summed E-state index contributed by atoms with van der Waals surface area (Å²) in [6.45, 7) is 4.39. The summed E-state index contributed by atoms with van der Waals surface area (Å²) in [5.41, 5.74) is 4.92. The Morgan fingerprint density at radius 1 is 1.25 bits per heavy atom. The van der Waals surface area contributed by atoms with Crippen LogP contribution in [-0.2, 0) is 14.3 Å². The predicted octanol–water partition coefficient (Wildman–Crippen LogP) is -2.50. The van der Waals surface area contributed by atoms with Gasteiger partial charge in [-0.15, -0.1) is 0 Å². The molecule has 8 heteroatoms. The average Bonchev–Trinajstić information content (AvgIpc) is 2.33. The fraction of sp³-hybridized carbons (Fsp3) is 0.917. The Balaban J connectivity index is 2.80. The number of rotatable bonds is 3. The number of aliphatic hydroxyl groups is 4. The van der Waals surface area contributed by atoms with Crippen molar-refractivity contribution >= 4 is 5.97 Å². The maximum Gasteiger partial charge on any atom is 0.326 e. The highest BCUT2D eigenvalue weighted by molar-refractivity contribution is 5.76. The number of hydrogen-bond donors (Lipinski definition) is 5. The molecule has 0 spiro atoms. The number of carbonyl (C=O) groups excluding carboxylic acids is 1. The third kappa shape index (κ3) is 3.87. The highest BCUT2D eigenvalue weighted by Gasteiger charge is 2.47. The molecule has 0 aliphatic carbocycles. The lowest BCUT2D eigenvalue weighted by molar-refractivity contribution is -0.236. The first-order chi connectivity index (χ1) is 9.08. The number of aliphatic hydroxyl groups excluding tert-OH is 4. The van der Waals surface area contributed by atoms with Crippen LogP contribution >= 0.6 is 0 Å². The van der Waals surface area contributed by atoms with Crippen molar-refractivity contribution in [2.45, 2.75) is 62.9 Å². The van der Waals surface area contributed by atoms with E-state index in [9.17, 15) is 20.1 Å². The van der Waals surface area contributed by atoms with Gasteiger partial charge in [-0.1, -0.05) is 0 Å². The van der Waals surface area contributed by atoms with Crippen molar-refractivity contribution in [1.82, 2.24) is 0 Å². The van der Waals surface area contributed by atoms with Crippen molar-refractivity contribution in [1.29, 1.82) is 0 Å². The van der Waals surface area contributed by atoms with Crippen LogP contribution in [0.5, 0.6) is 0 Å². The topological polar surface area (TPSA) is 142 Å². The molecule has 6 atom stereocenters. The molecule has 0 amide bonds. The maximum absolute atomic E-state index is 11.8. The van der Waals surface area contributed by atoms with Crippen LogP contribution < -0.4 is 5.73 Å². The molecule has 1 heterocycles. The van der Waals surface area contributed by atoms with E-state index in [0.29, 0.717) is 0 Å². The maximum atomic E-state index is 11.8. The van der Waals surface area contributed by atoms with E-state index < -0.39 is 54.7 Å². The number of hydrogen-bond acceptors (Lipinski definition) is 8. The van der Waals surface area contributed by atoms with Crippen molar-refractivity contribution in [3.63, 3.8) is 0 Å². The van der Waals surface area contributed by atoms with E-state index in [1.807, 2.05) is 0 Å². The molecule has 1 saturated heterocycles. The molecule has 20 heavy (non-hydrogen) atoms. The first-order valence-corrected chi connectivity index (χ1v) is 6.37. The Labute approximate surface area is 117 Å². The zero-order valence-electron chi connectivity index (χ0n) is 11.8. The van der Waals surface area contributed by atoms with E-state index in [1.54, 1.807) is 20.8 Å². The first-order valence-electron chi connectivity index (χ1n) is 6.37. The highest BCUT2D eigenvalue weighted by atomic mass is 16.6. The van der Waals surface area contributed by atoms with Crippen LogP contribution in [0.1, 0.15) is 20.8 Å². The van der Waals surface area contributed by atoms with Crippen molar-refractivity contribution in [3.8, 4) is 0 Å². The third-order valence-corrected chi connectivity index (χ3v) is 2.96. The Morgan fingerprint density at radius 2 is 1.80 bits per heavy atom. The summed E-state index contributed by atoms with van der Waals surface area (Å²) in [5.74, 6) is -0.804. The van der Waals surface area contributed by atoms with E-state index in [0.717, 1.165) is 0 Å². The first kappa shape index (κ1) is 17.3. The number of carbonyl (C=O) groups is 1. The van der Waals surface area contributed by atoms with Gasteiger partial charge in [0.1, 0.15) is 42.2 Å². The molecule has 0 bridgehead atoms. The van der Waals surface area contributed by atoms with Gasteiger partial charge in [0, 0.05) is 0 Å². The van der Waals surface area contributed by atoms with Gasteiger partial charge in [0.15, 0.2) is 0 Å². The summed E-state index contributed by atoms with van der Waals surface area (Å²) in [6, 6.07) is -1.35. The fourth-order valence-electron chi connectivity index (χ4n) is 1.93. The number of nitrogens with two attached hydrogens (primary N) is 1. The van der Waals surface area contributed by atoms with Crippen LogP contribution in [0.2, 0.25) is 0 Å². The molecule has 118 valence electrons. The van der Waals surface area contributed by atoms with Gasteiger partial charge < -0.3 is 35.6 Å². The standard InChI is InChI=1S/C12H23NO7/c1-12(2,3)20-11(18)6(13)10-9(17)8(16)7(15)5(4-14)19-10/h5-10,14-17H,4,13H2,1-3H3/t5-,6-,7-,8+,9-,10+/m1/s1. The molecular formula is C12H23NO7. The molecule has 0 aromatic heterocycles. The van der Waals surface area contributed by atoms with Crippen molar-refractivity contribution in [3.05, 3.63) is 0 Å². The van der Waals surface area contributed by atoms with Gasteiger partial charge in [0.05, 0.1) is 6.61 Å². The van der Waals surface area contributed by atoms with Gasteiger partial charge in [-0.05, 0) is 20.8 Å². The van der Waals surface area contributed by atoms with E-state index >= 15 is 0 Å². The van der Waals surface area contributed by atoms with Crippen LogP contribution in [0.4, 0.5) is 0 Å². The molecule has 1 rings (SSSR count). The Hall–Kier alpha value is -0.770. The van der Waals surface area contributed by atoms with Gasteiger partial charge in [0.25, 0.3) is 0 Å². The summed E-state index contributed by atoms with van der Waals surface area (Å²) >= 11 is 0. The average molecular weight is 293 g/mol. The van der Waals surface area contributed by atoms with Crippen LogP contribution in [-0.4, -0.2) is 75.2 Å². The monoisotopic (exact) mass is 293 g/mol. The van der Waals surface area contributed by atoms with Gasteiger partial charge in [-0.25, -0.2) is 0 Å². The Morgan fingerprint density at radius 3 is 2.25 bits per heavy atom. The molecule has 1 aliphatic rings. The number of esters is 1. The van der Waals surface area contributed by atoms with Crippen molar-refractivity contribution in [2.75, 3.05) is 6.61 Å². The lowest BCUT2D eigenvalue weighted by Gasteiger charge is -2.41. The lowest BCUT2D eigenvalue weighted by atomic mass is 9.91. The van der Waals surface area contributed by atoms with E-state index in [-0.39, 0.29) is 0 Å². The SMILES string of the molecule is CC(C)(C)OC(=O)[C@H](N)[C@@H]1O[C@H](CO)[C@@H](O)[C@H](O)[C@H]1O. The van der Waals surface area contributed by atoms with Gasteiger partial charge in [-0.2, -0.15) is 0 Å². The molecule has 0 unspecified atom stereocenters. The predicted molar refractivity (Wildman–Crippen MR) is 67.6 cm³/mol.